The Balaban J connectivity index is 2.24. The number of aliphatic hydroxyl groups excluding tert-OH is 1. The monoisotopic (exact) mass is 255 g/mol. The van der Waals surface area contributed by atoms with E-state index < -0.39 is 10.0 Å². The van der Waals surface area contributed by atoms with Gasteiger partial charge in [0.05, 0.1) is 5.75 Å². The molecule has 0 aliphatic heterocycles. The molecule has 1 aliphatic rings. The predicted octanol–water partition coefficient (Wildman–Crippen LogP) is 0.697. The molecule has 1 aliphatic carbocycles. The van der Waals surface area contributed by atoms with Crippen LogP contribution >= 0.6 is 11.6 Å². The van der Waals surface area contributed by atoms with Gasteiger partial charge in [0.25, 0.3) is 0 Å². The lowest BCUT2D eigenvalue weighted by molar-refractivity contribution is 0.213. The normalized spacial score (nSPS) is 19.1. The van der Waals surface area contributed by atoms with Crippen LogP contribution in [0.25, 0.3) is 0 Å². The van der Waals surface area contributed by atoms with Gasteiger partial charge in [-0.1, -0.05) is 0 Å². The number of sulfonamides is 1. The molecule has 1 saturated carbocycles. The van der Waals surface area contributed by atoms with E-state index in [-0.39, 0.29) is 17.8 Å². The van der Waals surface area contributed by atoms with Crippen LogP contribution in [0.1, 0.15) is 25.7 Å². The van der Waals surface area contributed by atoms with Crippen LogP contribution in [0.5, 0.6) is 0 Å². The minimum atomic E-state index is -3.18. The second-order valence-corrected chi connectivity index (χ2v) is 6.50. The van der Waals surface area contributed by atoms with E-state index in [1.165, 1.54) is 0 Å². The number of halogens is 1. The Labute approximate surface area is 96.1 Å². The molecule has 0 spiro atoms. The van der Waals surface area contributed by atoms with Gasteiger partial charge >= 0.3 is 0 Å². The summed E-state index contributed by atoms with van der Waals surface area (Å²) in [5.41, 5.74) is -0.167. The summed E-state index contributed by atoms with van der Waals surface area (Å²) in [6.45, 7) is 0.434. The quantitative estimate of drug-likeness (QED) is 0.496. The third-order valence-corrected chi connectivity index (χ3v) is 4.43. The van der Waals surface area contributed by atoms with Crippen molar-refractivity contribution in [1.29, 1.82) is 0 Å². The molecule has 15 heavy (non-hydrogen) atoms. The first kappa shape index (κ1) is 13.2. The van der Waals surface area contributed by atoms with Gasteiger partial charge in [0.2, 0.25) is 10.0 Å². The van der Waals surface area contributed by atoms with Gasteiger partial charge in [0.15, 0.2) is 0 Å². The lowest BCUT2D eigenvalue weighted by Crippen LogP contribution is -2.33. The standard InChI is InChI=1S/C9H18ClNO3S/c10-5-1-2-6-15(13,14)11-7-9(8-12)3-4-9/h11-12H,1-8H2. The van der Waals surface area contributed by atoms with E-state index in [1.54, 1.807) is 0 Å². The Morgan fingerprint density at radius 3 is 2.47 bits per heavy atom. The van der Waals surface area contributed by atoms with Crippen LogP contribution in [0.3, 0.4) is 0 Å². The average molecular weight is 256 g/mol. The smallest absolute Gasteiger partial charge is 0.211 e. The van der Waals surface area contributed by atoms with E-state index in [2.05, 4.69) is 4.72 Å². The molecule has 6 heteroatoms. The van der Waals surface area contributed by atoms with Crippen molar-refractivity contribution in [2.45, 2.75) is 25.7 Å². The van der Waals surface area contributed by atoms with Gasteiger partial charge in [-0.2, -0.15) is 0 Å². The molecule has 0 saturated heterocycles. The SMILES string of the molecule is O=S(=O)(CCCCCl)NCC1(CO)CC1. The lowest BCUT2D eigenvalue weighted by atomic mass is 10.1. The maximum Gasteiger partial charge on any atom is 0.211 e. The molecule has 1 rings (SSSR count). The van der Waals surface area contributed by atoms with Gasteiger partial charge in [0, 0.05) is 24.4 Å². The highest BCUT2D eigenvalue weighted by atomic mass is 35.5. The van der Waals surface area contributed by atoms with E-state index in [9.17, 15) is 8.42 Å². The van der Waals surface area contributed by atoms with Gasteiger partial charge in [-0.05, 0) is 25.7 Å². The first-order chi connectivity index (χ1) is 7.04. The van der Waals surface area contributed by atoms with Crippen molar-refractivity contribution in [3.63, 3.8) is 0 Å². The predicted molar refractivity (Wildman–Crippen MR) is 60.5 cm³/mol. The second kappa shape index (κ2) is 5.48. The zero-order chi connectivity index (χ0) is 11.4. The van der Waals surface area contributed by atoms with Crippen molar-refractivity contribution in [1.82, 2.24) is 4.72 Å². The molecule has 0 amide bonds. The second-order valence-electron chi connectivity index (χ2n) is 4.19. The lowest BCUT2D eigenvalue weighted by Gasteiger charge is -2.12. The van der Waals surface area contributed by atoms with Crippen molar-refractivity contribution >= 4 is 21.6 Å². The van der Waals surface area contributed by atoms with E-state index in [4.69, 9.17) is 16.7 Å². The summed E-state index contributed by atoms with van der Waals surface area (Å²) >= 11 is 5.46. The third-order valence-electron chi connectivity index (χ3n) is 2.76. The molecule has 0 heterocycles. The fraction of sp³-hybridized carbons (Fsp3) is 1.00. The van der Waals surface area contributed by atoms with Crippen LogP contribution in [0.15, 0.2) is 0 Å². The molecule has 0 aromatic carbocycles. The summed E-state index contributed by atoms with van der Waals surface area (Å²) in [4.78, 5) is 0. The van der Waals surface area contributed by atoms with Crippen LogP contribution in [0.4, 0.5) is 0 Å². The van der Waals surface area contributed by atoms with E-state index >= 15 is 0 Å². The van der Waals surface area contributed by atoms with Crippen molar-refractivity contribution in [3.8, 4) is 0 Å². The average Bonchev–Trinajstić information content (AvgIpc) is 2.96. The molecule has 0 unspecified atom stereocenters. The highest BCUT2D eigenvalue weighted by Crippen LogP contribution is 2.44. The van der Waals surface area contributed by atoms with Crippen LogP contribution < -0.4 is 4.72 Å². The Hall–Kier alpha value is 0.160. The largest absolute Gasteiger partial charge is 0.396 e. The van der Waals surface area contributed by atoms with Gasteiger partial charge in [-0.15, -0.1) is 11.6 Å². The zero-order valence-electron chi connectivity index (χ0n) is 8.71. The highest BCUT2D eigenvalue weighted by Gasteiger charge is 2.42. The van der Waals surface area contributed by atoms with Crippen LogP contribution in [-0.4, -0.2) is 38.3 Å². The summed E-state index contributed by atoms with van der Waals surface area (Å²) in [6, 6.07) is 0. The highest BCUT2D eigenvalue weighted by molar-refractivity contribution is 7.89. The molecule has 0 bridgehead atoms. The molecule has 0 radical (unpaired) electrons. The van der Waals surface area contributed by atoms with E-state index in [1.807, 2.05) is 0 Å². The van der Waals surface area contributed by atoms with Crippen molar-refractivity contribution in [3.05, 3.63) is 0 Å². The number of nitrogens with one attached hydrogen (secondary N) is 1. The first-order valence-corrected chi connectivity index (χ1v) is 7.36. The topological polar surface area (TPSA) is 66.4 Å². The molecule has 4 nitrogen and oxygen atoms in total. The Morgan fingerprint density at radius 2 is 2.00 bits per heavy atom. The maximum absolute atomic E-state index is 11.5. The number of rotatable bonds is 8. The Morgan fingerprint density at radius 1 is 1.33 bits per heavy atom. The fourth-order valence-electron chi connectivity index (χ4n) is 1.29. The van der Waals surface area contributed by atoms with Crippen molar-refractivity contribution < 1.29 is 13.5 Å². The number of hydrogen-bond donors (Lipinski definition) is 2. The zero-order valence-corrected chi connectivity index (χ0v) is 10.3. The molecule has 0 atom stereocenters. The van der Waals surface area contributed by atoms with Crippen LogP contribution in [0.2, 0.25) is 0 Å². The van der Waals surface area contributed by atoms with Crippen LogP contribution in [-0.2, 0) is 10.0 Å². The van der Waals surface area contributed by atoms with Crippen molar-refractivity contribution in [2.24, 2.45) is 5.41 Å². The molecule has 90 valence electrons. The van der Waals surface area contributed by atoms with Gasteiger partial charge in [-0.25, -0.2) is 13.1 Å². The van der Waals surface area contributed by atoms with Gasteiger partial charge in [-0.3, -0.25) is 0 Å². The summed E-state index contributed by atoms with van der Waals surface area (Å²) in [5, 5.41) is 9.02. The van der Waals surface area contributed by atoms with Gasteiger partial charge < -0.3 is 5.11 Å². The van der Waals surface area contributed by atoms with E-state index in [0.29, 0.717) is 25.3 Å². The minimum absolute atomic E-state index is 0.0667. The number of unbranched alkanes of at least 4 members (excludes halogenated alkanes) is 1. The summed E-state index contributed by atoms with van der Waals surface area (Å²) in [6.07, 6.45) is 3.12. The van der Waals surface area contributed by atoms with Crippen LogP contribution in [0, 0.1) is 5.41 Å². The number of aliphatic hydroxyl groups is 1. The minimum Gasteiger partial charge on any atom is -0.396 e. The fourth-order valence-corrected chi connectivity index (χ4v) is 2.73. The molecule has 0 aromatic heterocycles. The molecular formula is C9H18ClNO3S. The molecule has 1 fully saturated rings. The first-order valence-electron chi connectivity index (χ1n) is 5.18. The number of alkyl halides is 1. The maximum atomic E-state index is 11.5. The van der Waals surface area contributed by atoms with Gasteiger partial charge in [0.1, 0.15) is 0 Å². The third kappa shape index (κ3) is 4.68. The molecule has 0 aromatic rings. The Kier molecular flexibility index (Phi) is 4.83. The summed E-state index contributed by atoms with van der Waals surface area (Å²) in [7, 11) is -3.18. The van der Waals surface area contributed by atoms with Crippen molar-refractivity contribution in [2.75, 3.05) is 24.8 Å². The molecule has 2 N–H and O–H groups in total. The van der Waals surface area contributed by atoms with E-state index in [0.717, 1.165) is 12.8 Å². The summed E-state index contributed by atoms with van der Waals surface area (Å²) < 4.78 is 25.5. The number of hydrogen-bond acceptors (Lipinski definition) is 3. The Bertz CT molecular complexity index is 288. The molecular weight excluding hydrogens is 238 g/mol. The summed E-state index contributed by atoms with van der Waals surface area (Å²) in [5.74, 6) is 0.622.